The molecule has 0 aromatic heterocycles. The van der Waals surface area contributed by atoms with Crippen molar-refractivity contribution in [3.63, 3.8) is 0 Å². The molecule has 0 saturated carbocycles. The molecule has 1 amide bonds. The first-order chi connectivity index (χ1) is 13.2. The molecule has 1 aliphatic rings. The van der Waals surface area contributed by atoms with Gasteiger partial charge in [0.25, 0.3) is 0 Å². The Morgan fingerprint density at radius 2 is 1.89 bits per heavy atom. The van der Waals surface area contributed by atoms with Gasteiger partial charge in [-0.2, -0.15) is 4.31 Å². The van der Waals surface area contributed by atoms with E-state index in [1.54, 1.807) is 23.1 Å². The van der Waals surface area contributed by atoms with Crippen molar-refractivity contribution in [1.29, 1.82) is 0 Å². The van der Waals surface area contributed by atoms with E-state index >= 15 is 0 Å². The molecule has 2 aromatic rings. The van der Waals surface area contributed by atoms with Gasteiger partial charge in [0.1, 0.15) is 11.9 Å². The number of hydrogen-bond acceptors (Lipinski definition) is 4. The van der Waals surface area contributed by atoms with Crippen LogP contribution in [0.2, 0.25) is 0 Å². The molecular weight excluding hydrogens is 376 g/mol. The maximum atomic E-state index is 13.4. The van der Waals surface area contributed by atoms with Crippen molar-refractivity contribution in [2.45, 2.75) is 51.3 Å². The van der Waals surface area contributed by atoms with Crippen LogP contribution in [0, 0.1) is 0 Å². The van der Waals surface area contributed by atoms with Crippen LogP contribution in [0.1, 0.15) is 33.3 Å². The molecule has 1 atom stereocenters. The second kappa shape index (κ2) is 7.93. The lowest BCUT2D eigenvalue weighted by molar-refractivity contribution is -0.117. The van der Waals surface area contributed by atoms with Crippen molar-refractivity contribution in [2.24, 2.45) is 0 Å². The molecule has 0 N–H and O–H groups in total. The summed E-state index contributed by atoms with van der Waals surface area (Å²) in [6.07, 6.45) is -0.149. The molecule has 6 nitrogen and oxygen atoms in total. The Hall–Kier alpha value is -2.38. The van der Waals surface area contributed by atoms with E-state index < -0.39 is 10.0 Å². The number of benzene rings is 2. The zero-order chi connectivity index (χ0) is 20.5. The zero-order valence-electron chi connectivity index (χ0n) is 16.6. The monoisotopic (exact) mass is 402 g/mol. The Balaban J connectivity index is 2.01. The Bertz CT molecular complexity index is 958. The molecule has 7 heteroatoms. The fourth-order valence-electron chi connectivity index (χ4n) is 3.32. The number of amides is 1. The average molecular weight is 403 g/mol. The molecule has 0 aliphatic carbocycles. The molecule has 1 aliphatic heterocycles. The molecule has 0 bridgehead atoms. The van der Waals surface area contributed by atoms with Crippen molar-refractivity contribution in [2.75, 3.05) is 11.4 Å². The molecule has 0 fully saturated rings. The molecule has 0 radical (unpaired) electrons. The van der Waals surface area contributed by atoms with Crippen molar-refractivity contribution >= 4 is 21.6 Å². The fourth-order valence-corrected chi connectivity index (χ4v) is 4.97. The van der Waals surface area contributed by atoms with Crippen LogP contribution >= 0.6 is 0 Å². The molecule has 150 valence electrons. The van der Waals surface area contributed by atoms with E-state index in [4.69, 9.17) is 4.74 Å². The predicted molar refractivity (Wildman–Crippen MR) is 109 cm³/mol. The lowest BCUT2D eigenvalue weighted by Crippen LogP contribution is -2.41. The minimum absolute atomic E-state index is 0.143. The smallest absolute Gasteiger partial charge is 0.243 e. The Kier molecular flexibility index (Phi) is 5.76. The minimum Gasteiger partial charge on any atom is -0.487 e. The van der Waals surface area contributed by atoms with E-state index in [0.717, 1.165) is 5.56 Å². The predicted octanol–water partition coefficient (Wildman–Crippen LogP) is 3.42. The SMILES string of the molecule is CC(=O)N1C[C@@H](C)Oc2ccc(S(=O)(=O)N(Cc3ccccc3)C(C)C)cc21. The van der Waals surface area contributed by atoms with Crippen molar-refractivity contribution in [1.82, 2.24) is 4.31 Å². The molecule has 1 heterocycles. The van der Waals surface area contributed by atoms with Crippen LogP contribution in [0.25, 0.3) is 0 Å². The fraction of sp³-hybridized carbons (Fsp3) is 0.381. The maximum Gasteiger partial charge on any atom is 0.243 e. The zero-order valence-corrected chi connectivity index (χ0v) is 17.4. The van der Waals surface area contributed by atoms with E-state index in [0.29, 0.717) is 18.0 Å². The number of anilines is 1. The third kappa shape index (κ3) is 4.05. The molecule has 28 heavy (non-hydrogen) atoms. The Labute approximate surface area is 166 Å². The summed E-state index contributed by atoms with van der Waals surface area (Å²) in [6, 6.07) is 14.0. The van der Waals surface area contributed by atoms with Gasteiger partial charge in [-0.3, -0.25) is 4.79 Å². The third-order valence-corrected chi connectivity index (χ3v) is 6.75. The normalized spacial score (nSPS) is 16.8. The first kappa shape index (κ1) is 20.4. The van der Waals surface area contributed by atoms with Gasteiger partial charge in [-0.05, 0) is 44.5 Å². The van der Waals surface area contributed by atoms with E-state index in [1.165, 1.54) is 11.2 Å². The summed E-state index contributed by atoms with van der Waals surface area (Å²) in [4.78, 5) is 13.8. The van der Waals surface area contributed by atoms with Gasteiger partial charge in [0.05, 0.1) is 17.1 Å². The van der Waals surface area contributed by atoms with E-state index in [9.17, 15) is 13.2 Å². The number of ether oxygens (including phenoxy) is 1. The molecule has 0 unspecified atom stereocenters. The summed E-state index contributed by atoms with van der Waals surface area (Å²) < 4.78 is 34.0. The maximum absolute atomic E-state index is 13.4. The van der Waals surface area contributed by atoms with Gasteiger partial charge in [0, 0.05) is 19.5 Å². The Morgan fingerprint density at radius 1 is 1.21 bits per heavy atom. The second-order valence-corrected chi connectivity index (χ2v) is 9.21. The number of sulfonamides is 1. The highest BCUT2D eigenvalue weighted by molar-refractivity contribution is 7.89. The van der Waals surface area contributed by atoms with Gasteiger partial charge in [-0.25, -0.2) is 8.42 Å². The van der Waals surface area contributed by atoms with Crippen LogP contribution in [-0.2, 0) is 21.4 Å². The number of nitrogens with zero attached hydrogens (tertiary/aromatic N) is 2. The van der Waals surface area contributed by atoms with Crippen LogP contribution in [0.5, 0.6) is 5.75 Å². The quantitative estimate of drug-likeness (QED) is 0.769. The summed E-state index contributed by atoms with van der Waals surface area (Å²) in [7, 11) is -3.75. The summed E-state index contributed by atoms with van der Waals surface area (Å²) in [5.41, 5.74) is 1.41. The Morgan fingerprint density at radius 3 is 2.50 bits per heavy atom. The molecule has 3 rings (SSSR count). The van der Waals surface area contributed by atoms with Gasteiger partial charge >= 0.3 is 0 Å². The highest BCUT2D eigenvalue weighted by Crippen LogP contribution is 2.36. The number of carbonyl (C=O) groups is 1. The molecule has 0 spiro atoms. The van der Waals surface area contributed by atoms with Gasteiger partial charge in [0.15, 0.2) is 0 Å². The van der Waals surface area contributed by atoms with E-state index in [-0.39, 0.29) is 29.5 Å². The topological polar surface area (TPSA) is 66.9 Å². The van der Waals surface area contributed by atoms with Gasteiger partial charge in [0.2, 0.25) is 15.9 Å². The summed E-state index contributed by atoms with van der Waals surface area (Å²) in [5.74, 6) is 0.378. The molecule has 0 saturated heterocycles. The first-order valence-corrected chi connectivity index (χ1v) is 10.8. The summed E-state index contributed by atoms with van der Waals surface area (Å²) >= 11 is 0. The number of carbonyl (C=O) groups excluding carboxylic acids is 1. The van der Waals surface area contributed by atoms with Crippen LogP contribution < -0.4 is 9.64 Å². The standard InChI is InChI=1S/C21H26N2O4S/c1-15(2)23(14-18-8-6-5-7-9-18)28(25,26)19-10-11-21-20(12-19)22(17(4)24)13-16(3)27-21/h5-12,15-16H,13-14H2,1-4H3/t16-/m1/s1. The van der Waals surface area contributed by atoms with Crippen molar-refractivity contribution in [3.8, 4) is 5.75 Å². The van der Waals surface area contributed by atoms with Gasteiger partial charge in [-0.1, -0.05) is 30.3 Å². The highest BCUT2D eigenvalue weighted by Gasteiger charge is 2.31. The van der Waals surface area contributed by atoms with Crippen LogP contribution in [-0.4, -0.2) is 37.3 Å². The van der Waals surface area contributed by atoms with E-state index in [1.807, 2.05) is 51.1 Å². The summed E-state index contributed by atoms with van der Waals surface area (Å²) in [5, 5.41) is 0. The van der Waals surface area contributed by atoms with Crippen molar-refractivity contribution in [3.05, 3.63) is 54.1 Å². The van der Waals surface area contributed by atoms with Crippen LogP contribution in [0.15, 0.2) is 53.4 Å². The first-order valence-electron chi connectivity index (χ1n) is 9.34. The van der Waals surface area contributed by atoms with Crippen molar-refractivity contribution < 1.29 is 17.9 Å². The molecule has 2 aromatic carbocycles. The van der Waals surface area contributed by atoms with Crippen LogP contribution in [0.4, 0.5) is 5.69 Å². The lowest BCUT2D eigenvalue weighted by atomic mass is 10.2. The number of rotatable bonds is 5. The van der Waals surface area contributed by atoms with Crippen LogP contribution in [0.3, 0.4) is 0 Å². The number of fused-ring (bicyclic) bond motifs is 1. The van der Waals surface area contributed by atoms with Gasteiger partial charge in [-0.15, -0.1) is 0 Å². The number of hydrogen-bond donors (Lipinski definition) is 0. The lowest BCUT2D eigenvalue weighted by Gasteiger charge is -2.33. The van der Waals surface area contributed by atoms with E-state index in [2.05, 4.69) is 0 Å². The minimum atomic E-state index is -3.75. The largest absolute Gasteiger partial charge is 0.487 e. The van der Waals surface area contributed by atoms with Gasteiger partial charge < -0.3 is 9.64 Å². The molecular formula is C21H26N2O4S. The highest BCUT2D eigenvalue weighted by atomic mass is 32.2. The average Bonchev–Trinajstić information content (AvgIpc) is 2.65. The second-order valence-electron chi connectivity index (χ2n) is 7.32. The summed E-state index contributed by atoms with van der Waals surface area (Å²) in [6.45, 7) is 7.73. The third-order valence-electron chi connectivity index (χ3n) is 4.73.